The summed E-state index contributed by atoms with van der Waals surface area (Å²) in [6, 6.07) is 14.1. The monoisotopic (exact) mass is 488 g/mol. The summed E-state index contributed by atoms with van der Waals surface area (Å²) in [4.78, 5) is 14.7. The van der Waals surface area contributed by atoms with Gasteiger partial charge in [0.05, 0.1) is 11.1 Å². The Morgan fingerprint density at radius 1 is 1.23 bits per heavy atom. The van der Waals surface area contributed by atoms with Crippen molar-refractivity contribution in [1.82, 2.24) is 4.98 Å². The van der Waals surface area contributed by atoms with Crippen molar-refractivity contribution in [3.8, 4) is 5.75 Å². The summed E-state index contributed by atoms with van der Waals surface area (Å²) in [5.74, 6) is 0.635. The molecule has 1 aliphatic rings. The normalized spacial score (nSPS) is 22.7. The molecule has 1 atom stereocenters. The summed E-state index contributed by atoms with van der Waals surface area (Å²) in [5, 5.41) is 1.86. The molecule has 0 bridgehead atoms. The van der Waals surface area contributed by atoms with Crippen molar-refractivity contribution in [1.29, 1.82) is 0 Å². The number of aromatic amines is 1. The lowest BCUT2D eigenvalue weighted by Crippen LogP contribution is -2.48. The van der Waals surface area contributed by atoms with Crippen LogP contribution in [0.3, 0.4) is 0 Å². The maximum Gasteiger partial charge on any atom is 0.255 e. The van der Waals surface area contributed by atoms with E-state index in [-0.39, 0.29) is 23.1 Å². The first-order valence-corrected chi connectivity index (χ1v) is 11.6. The van der Waals surface area contributed by atoms with Gasteiger partial charge in [0, 0.05) is 27.5 Å². The van der Waals surface area contributed by atoms with Crippen LogP contribution in [0.4, 0.5) is 0 Å². The molecule has 1 unspecified atom stereocenters. The molecule has 1 saturated carbocycles. The van der Waals surface area contributed by atoms with Crippen LogP contribution in [-0.2, 0) is 5.41 Å². The molecular weight excluding hydrogens is 464 g/mol. The Hall–Kier alpha value is -1.82. The first-order valence-electron chi connectivity index (χ1n) is 10.4. The van der Waals surface area contributed by atoms with E-state index >= 15 is 0 Å². The molecule has 4 nitrogen and oxygen atoms in total. The number of aromatic nitrogens is 1. The number of rotatable bonds is 5. The van der Waals surface area contributed by atoms with Crippen LogP contribution in [0.1, 0.15) is 44.6 Å². The van der Waals surface area contributed by atoms with Crippen LogP contribution in [0, 0.1) is 0 Å². The van der Waals surface area contributed by atoms with E-state index in [0.717, 1.165) is 42.0 Å². The molecule has 2 aromatic carbocycles. The molecule has 1 aromatic heterocycles. The smallest absolute Gasteiger partial charge is 0.255 e. The lowest BCUT2D eigenvalue weighted by atomic mass is 9.64. The molecule has 4 rings (SSSR count). The van der Waals surface area contributed by atoms with Crippen LogP contribution in [0.15, 0.2) is 57.9 Å². The highest BCUT2D eigenvalue weighted by Crippen LogP contribution is 2.44. The number of hydrogen-bond donors (Lipinski definition) is 2. The lowest BCUT2D eigenvalue weighted by Gasteiger charge is -2.44. The Bertz CT molecular complexity index is 1090. The highest BCUT2D eigenvalue weighted by molar-refractivity contribution is 9.10. The predicted octanol–water partition coefficient (Wildman–Crippen LogP) is 5.94. The summed E-state index contributed by atoms with van der Waals surface area (Å²) in [5.41, 5.74) is 7.77. The number of benzene rings is 2. The van der Waals surface area contributed by atoms with Gasteiger partial charge < -0.3 is 15.5 Å². The number of nitrogens with one attached hydrogen (secondary N) is 1. The third-order valence-corrected chi connectivity index (χ3v) is 7.34. The molecule has 158 valence electrons. The van der Waals surface area contributed by atoms with Crippen LogP contribution < -0.4 is 16.0 Å². The van der Waals surface area contributed by atoms with Crippen molar-refractivity contribution in [2.75, 3.05) is 0 Å². The van der Waals surface area contributed by atoms with Crippen LogP contribution in [0.2, 0.25) is 5.02 Å². The molecule has 1 heterocycles. The number of ether oxygens (including phenoxy) is 1. The highest BCUT2D eigenvalue weighted by atomic mass is 79.9. The van der Waals surface area contributed by atoms with Crippen molar-refractivity contribution >= 4 is 38.3 Å². The molecule has 0 spiro atoms. The molecule has 30 heavy (non-hydrogen) atoms. The maximum absolute atomic E-state index is 12.0. The zero-order valence-electron chi connectivity index (χ0n) is 17.0. The van der Waals surface area contributed by atoms with Gasteiger partial charge in [-0.15, -0.1) is 0 Å². The maximum atomic E-state index is 12.0. The van der Waals surface area contributed by atoms with Gasteiger partial charge in [0.1, 0.15) is 5.75 Å². The van der Waals surface area contributed by atoms with E-state index in [9.17, 15) is 4.79 Å². The SMILES string of the molecule is CCC(N)C1(c2ccc(Br)cc2)CCC(Oc2cc3cc[nH]c(=O)c3cc2Cl)CC1. The molecule has 3 N–H and O–H groups in total. The van der Waals surface area contributed by atoms with Crippen molar-refractivity contribution in [2.45, 2.75) is 56.6 Å². The zero-order valence-corrected chi connectivity index (χ0v) is 19.3. The molecule has 0 amide bonds. The lowest BCUT2D eigenvalue weighted by molar-refractivity contribution is 0.104. The quantitative estimate of drug-likeness (QED) is 0.466. The Morgan fingerprint density at radius 3 is 2.60 bits per heavy atom. The third-order valence-electron chi connectivity index (χ3n) is 6.51. The Morgan fingerprint density at radius 2 is 1.93 bits per heavy atom. The predicted molar refractivity (Wildman–Crippen MR) is 127 cm³/mol. The first-order chi connectivity index (χ1) is 14.4. The molecule has 0 radical (unpaired) electrons. The second-order valence-corrected chi connectivity index (χ2v) is 9.49. The molecule has 6 heteroatoms. The van der Waals surface area contributed by atoms with Gasteiger partial charge in [0.2, 0.25) is 0 Å². The fourth-order valence-electron chi connectivity index (χ4n) is 4.73. The van der Waals surface area contributed by atoms with Crippen molar-refractivity contribution in [3.05, 3.63) is 74.1 Å². The van der Waals surface area contributed by atoms with Crippen LogP contribution in [0.25, 0.3) is 10.8 Å². The largest absolute Gasteiger partial charge is 0.489 e. The second kappa shape index (κ2) is 8.74. The average molecular weight is 490 g/mol. The minimum Gasteiger partial charge on any atom is -0.489 e. The molecule has 1 aliphatic carbocycles. The Balaban J connectivity index is 1.55. The Labute approximate surface area is 189 Å². The zero-order chi connectivity index (χ0) is 21.3. The van der Waals surface area contributed by atoms with Crippen LogP contribution >= 0.6 is 27.5 Å². The van der Waals surface area contributed by atoms with E-state index in [4.69, 9.17) is 22.1 Å². The number of halogens is 2. The first kappa shape index (κ1) is 21.4. The molecular formula is C24H26BrClN2O2. The summed E-state index contributed by atoms with van der Waals surface area (Å²) in [7, 11) is 0. The Kier molecular flexibility index (Phi) is 6.24. The van der Waals surface area contributed by atoms with Crippen molar-refractivity contribution in [2.24, 2.45) is 5.73 Å². The number of hydrogen-bond acceptors (Lipinski definition) is 3. The molecule has 0 aliphatic heterocycles. The van der Waals surface area contributed by atoms with E-state index in [1.165, 1.54) is 5.56 Å². The number of H-pyrrole nitrogens is 1. The van der Waals surface area contributed by atoms with Crippen LogP contribution in [0.5, 0.6) is 5.75 Å². The van der Waals surface area contributed by atoms with Gasteiger partial charge in [0.25, 0.3) is 5.56 Å². The van der Waals surface area contributed by atoms with Gasteiger partial charge >= 0.3 is 0 Å². The summed E-state index contributed by atoms with van der Waals surface area (Å²) in [6.07, 6.45) is 6.42. The van der Waals surface area contributed by atoms with Gasteiger partial charge in [-0.25, -0.2) is 0 Å². The van der Waals surface area contributed by atoms with Crippen molar-refractivity contribution in [3.63, 3.8) is 0 Å². The van der Waals surface area contributed by atoms with E-state index in [1.807, 2.05) is 12.1 Å². The standard InChI is InChI=1S/C24H26BrClN2O2/c1-2-22(27)24(16-3-5-17(25)6-4-16)10-7-18(8-11-24)30-21-13-15-9-12-28-23(29)19(15)14-20(21)26/h3-6,9,12-14,18,22H,2,7-8,10-11,27H2,1H3,(H,28,29). The van der Waals surface area contributed by atoms with E-state index < -0.39 is 0 Å². The minimum absolute atomic E-state index is 0.0320. The van der Waals surface area contributed by atoms with Crippen molar-refractivity contribution < 1.29 is 4.74 Å². The molecule has 0 saturated heterocycles. The van der Waals surface area contributed by atoms with Gasteiger partial charge in [-0.1, -0.05) is 46.6 Å². The summed E-state index contributed by atoms with van der Waals surface area (Å²) in [6.45, 7) is 2.16. The van der Waals surface area contributed by atoms with Gasteiger partial charge in [0.15, 0.2) is 0 Å². The number of nitrogens with two attached hydrogens (primary N) is 1. The number of pyridine rings is 1. The summed E-state index contributed by atoms with van der Waals surface area (Å²) >= 11 is 9.96. The fraction of sp³-hybridized carbons (Fsp3) is 0.375. The fourth-order valence-corrected chi connectivity index (χ4v) is 5.20. The second-order valence-electron chi connectivity index (χ2n) is 8.17. The highest BCUT2D eigenvalue weighted by Gasteiger charge is 2.41. The van der Waals surface area contributed by atoms with Gasteiger partial charge in [-0.2, -0.15) is 0 Å². The van der Waals surface area contributed by atoms with E-state index in [2.05, 4.69) is 52.1 Å². The van der Waals surface area contributed by atoms with E-state index in [1.54, 1.807) is 12.3 Å². The average Bonchev–Trinajstić information content (AvgIpc) is 2.76. The molecule has 3 aromatic rings. The number of fused-ring (bicyclic) bond motifs is 1. The third kappa shape index (κ3) is 4.03. The van der Waals surface area contributed by atoms with E-state index in [0.29, 0.717) is 16.2 Å². The van der Waals surface area contributed by atoms with Crippen LogP contribution in [-0.4, -0.2) is 17.1 Å². The minimum atomic E-state index is -0.147. The molecule has 1 fully saturated rings. The summed E-state index contributed by atoms with van der Waals surface area (Å²) < 4.78 is 7.38. The van der Waals surface area contributed by atoms with Gasteiger partial charge in [-0.3, -0.25) is 4.79 Å². The van der Waals surface area contributed by atoms with Gasteiger partial charge in [-0.05, 0) is 73.4 Å². The topological polar surface area (TPSA) is 68.1 Å².